The second-order valence-corrected chi connectivity index (χ2v) is 4.19. The highest BCUT2D eigenvalue weighted by Crippen LogP contribution is 2.32. The van der Waals surface area contributed by atoms with Crippen molar-refractivity contribution in [2.75, 3.05) is 13.1 Å². The number of nitrogens with one attached hydrogen (secondary N) is 2. The molecule has 2 N–H and O–H groups in total. The fourth-order valence-electron chi connectivity index (χ4n) is 1.77. The molecule has 2 aliphatic carbocycles. The van der Waals surface area contributed by atoms with Gasteiger partial charge in [-0.1, -0.05) is 13.3 Å². The van der Waals surface area contributed by atoms with Crippen LogP contribution in [0.1, 0.15) is 32.6 Å². The molecule has 2 aliphatic rings. The minimum absolute atomic E-state index is 0.857. The maximum absolute atomic E-state index is 3.58. The second-order valence-electron chi connectivity index (χ2n) is 4.19. The maximum Gasteiger partial charge on any atom is 0.00995 e. The van der Waals surface area contributed by atoms with E-state index in [4.69, 9.17) is 0 Å². The Hall–Kier alpha value is -0.0800. The number of hydrogen-bond acceptors (Lipinski definition) is 2. The van der Waals surface area contributed by atoms with Gasteiger partial charge in [0.25, 0.3) is 0 Å². The highest BCUT2D eigenvalue weighted by Gasteiger charge is 2.34. The van der Waals surface area contributed by atoms with Crippen molar-refractivity contribution < 1.29 is 0 Å². The van der Waals surface area contributed by atoms with Crippen LogP contribution in [0.5, 0.6) is 0 Å². The Morgan fingerprint density at radius 1 is 1.17 bits per heavy atom. The van der Waals surface area contributed by atoms with E-state index in [0.29, 0.717) is 0 Å². The first-order valence-electron chi connectivity index (χ1n) is 5.37. The molecule has 0 spiro atoms. The van der Waals surface area contributed by atoms with Crippen LogP contribution in [0.2, 0.25) is 0 Å². The molecule has 0 aromatic carbocycles. The Labute approximate surface area is 75.1 Å². The smallest absolute Gasteiger partial charge is 0.00995 e. The molecule has 2 saturated carbocycles. The molecule has 2 atom stereocenters. The Morgan fingerprint density at radius 3 is 2.50 bits per heavy atom. The average Bonchev–Trinajstić information content (AvgIpc) is 2.95. The predicted molar refractivity (Wildman–Crippen MR) is 51.2 cm³/mol. The number of rotatable bonds is 6. The van der Waals surface area contributed by atoms with Crippen LogP contribution in [0.15, 0.2) is 0 Å². The summed E-state index contributed by atoms with van der Waals surface area (Å²) in [6.07, 6.45) is 5.58. The zero-order valence-electron chi connectivity index (χ0n) is 7.97. The van der Waals surface area contributed by atoms with Crippen LogP contribution < -0.4 is 10.6 Å². The van der Waals surface area contributed by atoms with Gasteiger partial charge in [0.1, 0.15) is 0 Å². The summed E-state index contributed by atoms with van der Waals surface area (Å²) in [4.78, 5) is 0. The molecule has 2 unspecified atom stereocenters. The van der Waals surface area contributed by atoms with Gasteiger partial charge in [0.15, 0.2) is 0 Å². The fourth-order valence-corrected chi connectivity index (χ4v) is 1.77. The fraction of sp³-hybridized carbons (Fsp3) is 1.00. The van der Waals surface area contributed by atoms with Crippen LogP contribution in [-0.4, -0.2) is 25.2 Å². The molecule has 2 heteroatoms. The van der Waals surface area contributed by atoms with Gasteiger partial charge in [-0.15, -0.1) is 0 Å². The first kappa shape index (κ1) is 8.52. The summed E-state index contributed by atoms with van der Waals surface area (Å²) < 4.78 is 0. The van der Waals surface area contributed by atoms with Gasteiger partial charge in [-0.2, -0.15) is 0 Å². The van der Waals surface area contributed by atoms with Crippen LogP contribution in [0.25, 0.3) is 0 Å². The molecule has 0 saturated heterocycles. The van der Waals surface area contributed by atoms with E-state index in [1.807, 2.05) is 0 Å². The molecular weight excluding hydrogens is 148 g/mol. The van der Waals surface area contributed by atoms with E-state index in [1.165, 1.54) is 25.7 Å². The van der Waals surface area contributed by atoms with Crippen LogP contribution >= 0.6 is 0 Å². The molecule has 70 valence electrons. The van der Waals surface area contributed by atoms with Gasteiger partial charge in [0.05, 0.1) is 0 Å². The monoisotopic (exact) mass is 168 g/mol. The van der Waals surface area contributed by atoms with Crippen molar-refractivity contribution in [1.29, 1.82) is 0 Å². The Balaban J connectivity index is 1.41. The van der Waals surface area contributed by atoms with Gasteiger partial charge in [-0.25, -0.2) is 0 Å². The first-order chi connectivity index (χ1) is 5.90. The molecule has 2 rings (SSSR count). The van der Waals surface area contributed by atoms with Crippen LogP contribution in [0, 0.1) is 5.92 Å². The Bertz CT molecular complexity index is 143. The highest BCUT2D eigenvalue weighted by atomic mass is 15.0. The normalized spacial score (nSPS) is 33.8. The van der Waals surface area contributed by atoms with Gasteiger partial charge >= 0.3 is 0 Å². The largest absolute Gasteiger partial charge is 0.313 e. The molecule has 0 amide bonds. The molecular formula is C10H20N2. The maximum atomic E-state index is 3.58. The van der Waals surface area contributed by atoms with E-state index < -0.39 is 0 Å². The van der Waals surface area contributed by atoms with Crippen molar-refractivity contribution in [3.05, 3.63) is 0 Å². The molecule has 0 aromatic heterocycles. The molecule has 12 heavy (non-hydrogen) atoms. The zero-order chi connectivity index (χ0) is 8.39. The van der Waals surface area contributed by atoms with Crippen LogP contribution in [-0.2, 0) is 0 Å². The molecule has 2 nitrogen and oxygen atoms in total. The minimum Gasteiger partial charge on any atom is -0.313 e. The molecule has 0 heterocycles. The van der Waals surface area contributed by atoms with E-state index in [1.54, 1.807) is 0 Å². The third-order valence-electron chi connectivity index (χ3n) is 2.99. The summed E-state index contributed by atoms with van der Waals surface area (Å²) in [5, 5.41) is 7.09. The van der Waals surface area contributed by atoms with Crippen molar-refractivity contribution in [3.8, 4) is 0 Å². The molecule has 0 radical (unpaired) electrons. The second kappa shape index (κ2) is 3.75. The van der Waals surface area contributed by atoms with Gasteiger partial charge in [-0.3, -0.25) is 0 Å². The van der Waals surface area contributed by atoms with E-state index in [0.717, 1.165) is 31.1 Å². The van der Waals surface area contributed by atoms with E-state index in [9.17, 15) is 0 Å². The molecule has 0 bridgehead atoms. The van der Waals surface area contributed by atoms with Crippen molar-refractivity contribution in [1.82, 2.24) is 10.6 Å². The average molecular weight is 168 g/mol. The van der Waals surface area contributed by atoms with Crippen molar-refractivity contribution >= 4 is 0 Å². The summed E-state index contributed by atoms with van der Waals surface area (Å²) in [6.45, 7) is 4.62. The lowest BCUT2D eigenvalue weighted by Crippen LogP contribution is -2.30. The standard InChI is InChI=1S/C10H20N2/c1-2-8-7-10(8)12-6-5-11-9-3-4-9/h8-12H,2-7H2,1H3. The predicted octanol–water partition coefficient (Wildman–Crippen LogP) is 1.13. The molecule has 0 aliphatic heterocycles. The SMILES string of the molecule is CCC1CC1NCCNC1CC1. The van der Waals surface area contributed by atoms with Gasteiger partial charge in [0.2, 0.25) is 0 Å². The summed E-state index contributed by atoms with van der Waals surface area (Å²) in [5.41, 5.74) is 0. The number of hydrogen-bond donors (Lipinski definition) is 2. The molecule has 0 aromatic rings. The third kappa shape index (κ3) is 2.46. The van der Waals surface area contributed by atoms with E-state index in [2.05, 4.69) is 17.6 Å². The van der Waals surface area contributed by atoms with Crippen molar-refractivity contribution in [2.45, 2.75) is 44.7 Å². The Morgan fingerprint density at radius 2 is 1.92 bits per heavy atom. The van der Waals surface area contributed by atoms with Gasteiger partial charge in [0, 0.05) is 25.2 Å². The van der Waals surface area contributed by atoms with Crippen LogP contribution in [0.4, 0.5) is 0 Å². The lowest BCUT2D eigenvalue weighted by atomic mass is 10.3. The lowest BCUT2D eigenvalue weighted by molar-refractivity contribution is 0.580. The van der Waals surface area contributed by atoms with Crippen molar-refractivity contribution in [3.63, 3.8) is 0 Å². The van der Waals surface area contributed by atoms with Gasteiger partial charge in [-0.05, 0) is 25.2 Å². The zero-order valence-corrected chi connectivity index (χ0v) is 7.97. The summed E-state index contributed by atoms with van der Waals surface area (Å²) in [5.74, 6) is 0.992. The molecule has 2 fully saturated rings. The van der Waals surface area contributed by atoms with E-state index in [-0.39, 0.29) is 0 Å². The summed E-state index contributed by atoms with van der Waals surface area (Å²) in [6, 6.07) is 1.73. The lowest BCUT2D eigenvalue weighted by Gasteiger charge is -2.04. The van der Waals surface area contributed by atoms with E-state index >= 15 is 0 Å². The minimum atomic E-state index is 0.857. The Kier molecular flexibility index (Phi) is 2.66. The van der Waals surface area contributed by atoms with Gasteiger partial charge < -0.3 is 10.6 Å². The quantitative estimate of drug-likeness (QED) is 0.581. The summed E-state index contributed by atoms with van der Waals surface area (Å²) in [7, 11) is 0. The van der Waals surface area contributed by atoms with Crippen molar-refractivity contribution in [2.24, 2.45) is 5.92 Å². The van der Waals surface area contributed by atoms with Crippen LogP contribution in [0.3, 0.4) is 0 Å². The topological polar surface area (TPSA) is 24.1 Å². The highest BCUT2D eigenvalue weighted by molar-refractivity contribution is 4.92. The first-order valence-corrected chi connectivity index (χ1v) is 5.37. The third-order valence-corrected chi connectivity index (χ3v) is 2.99. The summed E-state index contributed by atoms with van der Waals surface area (Å²) >= 11 is 0.